The van der Waals surface area contributed by atoms with E-state index < -0.39 is 0 Å². The predicted molar refractivity (Wildman–Crippen MR) is 82.2 cm³/mol. The average Bonchev–Trinajstić information content (AvgIpc) is 2.42. The van der Waals surface area contributed by atoms with Gasteiger partial charge in [0.2, 0.25) is 0 Å². The molecule has 1 atom stereocenters. The Labute approximate surface area is 122 Å². The van der Waals surface area contributed by atoms with Crippen LogP contribution in [0.5, 0.6) is 5.75 Å². The number of phenols is 1. The van der Waals surface area contributed by atoms with Gasteiger partial charge in [-0.1, -0.05) is 31.2 Å². The molecule has 0 spiro atoms. The number of thioether (sulfide) groups is 1. The molecule has 0 fully saturated rings. The van der Waals surface area contributed by atoms with E-state index in [9.17, 15) is 9.90 Å². The fourth-order valence-electron chi connectivity index (χ4n) is 2.07. The molecule has 0 aliphatic rings. The Hall–Kier alpha value is -1.68. The van der Waals surface area contributed by atoms with E-state index in [4.69, 9.17) is 4.74 Å². The number of fused-ring (bicyclic) bond motifs is 1. The molecule has 2 aromatic rings. The fraction of sp³-hybridized carbons (Fsp3) is 0.312. The zero-order valence-electron chi connectivity index (χ0n) is 11.6. The number of hydrogen-bond acceptors (Lipinski definition) is 4. The molecule has 20 heavy (non-hydrogen) atoms. The minimum atomic E-state index is -0.171. The Bertz CT molecular complexity index is 610. The summed E-state index contributed by atoms with van der Waals surface area (Å²) in [6.45, 7) is 4.23. The molecule has 2 aromatic carbocycles. The highest BCUT2D eigenvalue weighted by Gasteiger charge is 2.13. The lowest BCUT2D eigenvalue weighted by molar-refractivity contribution is -0.142. The standard InChI is InChI=1S/C16H18O3S/c1-3-19-16(18)10-11(2)20-15-9-8-14(17)12-6-4-5-7-13(12)15/h4-9,11,17H,3,10H2,1-2H3. The van der Waals surface area contributed by atoms with Gasteiger partial charge >= 0.3 is 5.97 Å². The minimum absolute atomic E-state index is 0.127. The third kappa shape index (κ3) is 3.45. The zero-order valence-corrected chi connectivity index (χ0v) is 12.4. The maximum absolute atomic E-state index is 11.5. The van der Waals surface area contributed by atoms with Crippen molar-refractivity contribution in [2.24, 2.45) is 0 Å². The zero-order chi connectivity index (χ0) is 14.5. The SMILES string of the molecule is CCOC(=O)CC(C)Sc1ccc(O)c2ccccc12. The number of rotatable bonds is 5. The summed E-state index contributed by atoms with van der Waals surface area (Å²) in [6.07, 6.45) is 0.383. The van der Waals surface area contributed by atoms with E-state index in [1.807, 2.05) is 44.2 Å². The van der Waals surface area contributed by atoms with E-state index in [0.29, 0.717) is 13.0 Å². The summed E-state index contributed by atoms with van der Waals surface area (Å²) in [5.41, 5.74) is 0. The van der Waals surface area contributed by atoms with Crippen LogP contribution in [0.3, 0.4) is 0 Å². The Morgan fingerprint density at radius 1 is 1.25 bits per heavy atom. The van der Waals surface area contributed by atoms with Crippen LogP contribution >= 0.6 is 11.8 Å². The number of carbonyl (C=O) groups excluding carboxylic acids is 1. The average molecular weight is 290 g/mol. The van der Waals surface area contributed by atoms with Crippen LogP contribution in [0.25, 0.3) is 10.8 Å². The van der Waals surface area contributed by atoms with Gasteiger partial charge in [-0.3, -0.25) is 4.79 Å². The van der Waals surface area contributed by atoms with E-state index in [1.165, 1.54) is 0 Å². The minimum Gasteiger partial charge on any atom is -0.507 e. The Balaban J connectivity index is 2.18. The monoisotopic (exact) mass is 290 g/mol. The molecule has 0 saturated heterocycles. The normalized spacial score (nSPS) is 12.3. The van der Waals surface area contributed by atoms with Gasteiger partial charge in [0.05, 0.1) is 13.0 Å². The lowest BCUT2D eigenvalue weighted by Gasteiger charge is -2.13. The lowest BCUT2D eigenvalue weighted by Crippen LogP contribution is -2.10. The van der Waals surface area contributed by atoms with Gasteiger partial charge in [-0.25, -0.2) is 0 Å². The predicted octanol–water partition coefficient (Wildman–Crippen LogP) is 3.98. The molecule has 0 bridgehead atoms. The first-order chi connectivity index (χ1) is 9.61. The van der Waals surface area contributed by atoms with Gasteiger partial charge in [0.1, 0.15) is 5.75 Å². The molecule has 0 radical (unpaired) electrons. The summed E-state index contributed by atoms with van der Waals surface area (Å²) < 4.78 is 4.96. The largest absolute Gasteiger partial charge is 0.507 e. The van der Waals surface area contributed by atoms with Crippen LogP contribution in [0.1, 0.15) is 20.3 Å². The Morgan fingerprint density at radius 2 is 1.95 bits per heavy atom. The topological polar surface area (TPSA) is 46.5 Å². The number of phenolic OH excluding ortho intramolecular Hbond substituents is 1. The molecule has 4 heteroatoms. The van der Waals surface area contributed by atoms with Crippen LogP contribution in [-0.4, -0.2) is 22.9 Å². The molecule has 3 nitrogen and oxygen atoms in total. The third-order valence-electron chi connectivity index (χ3n) is 2.95. The molecule has 106 valence electrons. The van der Waals surface area contributed by atoms with E-state index >= 15 is 0 Å². The molecule has 2 rings (SSSR count). The van der Waals surface area contributed by atoms with Crippen LogP contribution < -0.4 is 0 Å². The van der Waals surface area contributed by atoms with Crippen LogP contribution in [0.4, 0.5) is 0 Å². The van der Waals surface area contributed by atoms with Gasteiger partial charge in [-0.15, -0.1) is 11.8 Å². The first-order valence-corrected chi connectivity index (χ1v) is 7.52. The highest BCUT2D eigenvalue weighted by atomic mass is 32.2. The molecule has 1 unspecified atom stereocenters. The first-order valence-electron chi connectivity index (χ1n) is 6.64. The van der Waals surface area contributed by atoms with Gasteiger partial charge in [-0.05, 0) is 24.4 Å². The van der Waals surface area contributed by atoms with Crippen molar-refractivity contribution >= 4 is 28.5 Å². The Kier molecular flexibility index (Phi) is 4.90. The fourth-order valence-corrected chi connectivity index (χ4v) is 3.18. The van der Waals surface area contributed by atoms with Crippen molar-refractivity contribution in [2.45, 2.75) is 30.4 Å². The number of esters is 1. The van der Waals surface area contributed by atoms with Crippen molar-refractivity contribution in [1.82, 2.24) is 0 Å². The van der Waals surface area contributed by atoms with E-state index in [2.05, 4.69) is 0 Å². The molecule has 0 aliphatic carbocycles. The first kappa shape index (κ1) is 14.7. The van der Waals surface area contributed by atoms with E-state index in [1.54, 1.807) is 17.8 Å². The van der Waals surface area contributed by atoms with Gasteiger partial charge < -0.3 is 9.84 Å². The summed E-state index contributed by atoms with van der Waals surface area (Å²) in [5, 5.41) is 11.8. The number of hydrogen-bond donors (Lipinski definition) is 1. The van der Waals surface area contributed by atoms with Crippen molar-refractivity contribution in [3.05, 3.63) is 36.4 Å². The highest BCUT2D eigenvalue weighted by molar-refractivity contribution is 8.00. The summed E-state index contributed by atoms with van der Waals surface area (Å²) >= 11 is 1.62. The third-order valence-corrected chi connectivity index (χ3v) is 4.13. The van der Waals surface area contributed by atoms with Gasteiger partial charge in [0.25, 0.3) is 0 Å². The molecule has 0 aromatic heterocycles. The van der Waals surface area contributed by atoms with Crippen LogP contribution in [0.2, 0.25) is 0 Å². The molecular weight excluding hydrogens is 272 g/mol. The second kappa shape index (κ2) is 6.66. The van der Waals surface area contributed by atoms with Crippen molar-refractivity contribution in [2.75, 3.05) is 6.61 Å². The lowest BCUT2D eigenvalue weighted by atomic mass is 10.1. The van der Waals surface area contributed by atoms with Crippen LogP contribution in [-0.2, 0) is 9.53 Å². The number of carbonyl (C=O) groups is 1. The van der Waals surface area contributed by atoms with E-state index in [-0.39, 0.29) is 17.0 Å². The van der Waals surface area contributed by atoms with Crippen LogP contribution in [0.15, 0.2) is 41.3 Å². The molecular formula is C16H18O3S. The Morgan fingerprint density at radius 3 is 2.65 bits per heavy atom. The van der Waals surface area contributed by atoms with Crippen molar-refractivity contribution in [3.8, 4) is 5.75 Å². The van der Waals surface area contributed by atoms with Crippen molar-refractivity contribution in [3.63, 3.8) is 0 Å². The number of ether oxygens (including phenoxy) is 1. The number of benzene rings is 2. The maximum Gasteiger partial charge on any atom is 0.306 e. The smallest absolute Gasteiger partial charge is 0.306 e. The van der Waals surface area contributed by atoms with Crippen molar-refractivity contribution < 1.29 is 14.6 Å². The second-order valence-corrected chi connectivity index (χ2v) is 6.05. The van der Waals surface area contributed by atoms with Gasteiger partial charge in [-0.2, -0.15) is 0 Å². The number of aromatic hydroxyl groups is 1. The molecule has 1 N–H and O–H groups in total. The summed E-state index contributed by atoms with van der Waals surface area (Å²) in [4.78, 5) is 12.6. The van der Waals surface area contributed by atoms with Crippen LogP contribution in [0, 0.1) is 0 Å². The summed E-state index contributed by atoms with van der Waals surface area (Å²) in [7, 11) is 0. The van der Waals surface area contributed by atoms with Gasteiger partial charge in [0.15, 0.2) is 0 Å². The second-order valence-electron chi connectivity index (χ2n) is 4.57. The van der Waals surface area contributed by atoms with Gasteiger partial charge in [0, 0.05) is 15.5 Å². The maximum atomic E-state index is 11.5. The molecule has 0 aliphatic heterocycles. The summed E-state index contributed by atoms with van der Waals surface area (Å²) in [5.74, 6) is 0.110. The molecule has 0 saturated carbocycles. The summed E-state index contributed by atoms with van der Waals surface area (Å²) in [6, 6.07) is 11.3. The molecule has 0 heterocycles. The van der Waals surface area contributed by atoms with Crippen molar-refractivity contribution in [1.29, 1.82) is 0 Å². The highest BCUT2D eigenvalue weighted by Crippen LogP contribution is 2.35. The molecule has 0 amide bonds. The van der Waals surface area contributed by atoms with E-state index in [0.717, 1.165) is 15.7 Å². The quantitative estimate of drug-likeness (QED) is 0.668.